The van der Waals surface area contributed by atoms with Crippen LogP contribution in [-0.2, 0) is 9.09 Å². The van der Waals surface area contributed by atoms with Crippen molar-refractivity contribution in [2.75, 3.05) is 11.9 Å². The van der Waals surface area contributed by atoms with Gasteiger partial charge in [-0.3, -0.25) is 4.52 Å². The van der Waals surface area contributed by atoms with Crippen molar-refractivity contribution < 1.29 is 18.9 Å². The van der Waals surface area contributed by atoms with Crippen LogP contribution in [0.3, 0.4) is 0 Å². The second-order valence-electron chi connectivity index (χ2n) is 1.01. The number of hydrogen-bond donors (Lipinski definition) is 2. The molecule has 0 rings (SSSR count). The molecule has 9 heavy (non-hydrogen) atoms. The fourth-order valence-corrected chi connectivity index (χ4v) is 0.895. The third-order valence-corrected chi connectivity index (χ3v) is 1.18. The summed E-state index contributed by atoms with van der Waals surface area (Å²) in [7, 11) is -4.21. The van der Waals surface area contributed by atoms with E-state index in [9.17, 15) is 4.57 Å². The van der Waals surface area contributed by atoms with Crippen molar-refractivity contribution in [3.63, 3.8) is 0 Å². The summed E-state index contributed by atoms with van der Waals surface area (Å²) >= 11 is 2.93. The number of phosphoric acid groups is 1. The quantitative estimate of drug-likeness (QED) is 0.401. The Morgan fingerprint density at radius 3 is 2.11 bits per heavy atom. The van der Waals surface area contributed by atoms with E-state index in [2.05, 4.69) is 20.5 Å². The van der Waals surface area contributed by atoms with E-state index in [1.54, 1.807) is 0 Å². The standard InChI is InChI=1S/C2H6BrO4P.Na.H/c3-1-2-7-8(4,5)6;;/h1-2H2,(H2,4,5,6);;. The first-order valence-corrected chi connectivity index (χ1v) is 4.47. The van der Waals surface area contributed by atoms with Gasteiger partial charge in [-0.05, 0) is 0 Å². The molecule has 2 N–H and O–H groups in total. The Balaban J connectivity index is 0. The van der Waals surface area contributed by atoms with Crippen molar-refractivity contribution in [3.05, 3.63) is 0 Å². The Hall–Kier alpha value is 1.59. The van der Waals surface area contributed by atoms with Gasteiger partial charge in [-0.2, -0.15) is 0 Å². The van der Waals surface area contributed by atoms with E-state index in [-0.39, 0.29) is 36.2 Å². The predicted octanol–water partition coefficient (Wildman–Crippen LogP) is -0.158. The number of halogens is 1. The second-order valence-corrected chi connectivity index (χ2v) is 3.05. The molecule has 4 nitrogen and oxygen atoms in total. The van der Waals surface area contributed by atoms with Crippen LogP contribution in [0.2, 0.25) is 0 Å². The van der Waals surface area contributed by atoms with Crippen molar-refractivity contribution in [3.8, 4) is 0 Å². The zero-order chi connectivity index (χ0) is 6.62. The Kier molecular flexibility index (Phi) is 9.25. The third-order valence-electron chi connectivity index (χ3n) is 0.337. The fourth-order valence-electron chi connectivity index (χ4n) is 0.153. The Morgan fingerprint density at radius 1 is 1.56 bits per heavy atom. The molecule has 0 amide bonds. The summed E-state index contributed by atoms with van der Waals surface area (Å²) in [4.78, 5) is 16.0. The molecule has 0 aromatic carbocycles. The van der Waals surface area contributed by atoms with E-state index >= 15 is 0 Å². The molecule has 7 heteroatoms. The Morgan fingerprint density at radius 2 is 2.00 bits per heavy atom. The monoisotopic (exact) mass is 228 g/mol. The van der Waals surface area contributed by atoms with Gasteiger partial charge in [0.1, 0.15) is 0 Å². The first-order chi connectivity index (χ1) is 3.56. The molecule has 0 aliphatic rings. The number of phosphoric ester groups is 1. The Bertz CT molecular complexity index is 103. The van der Waals surface area contributed by atoms with E-state index in [1.807, 2.05) is 0 Å². The maximum atomic E-state index is 9.84. The van der Waals surface area contributed by atoms with Crippen LogP contribution >= 0.6 is 23.8 Å². The van der Waals surface area contributed by atoms with Crippen molar-refractivity contribution in [2.24, 2.45) is 0 Å². The normalized spacial score (nSPS) is 10.6. The molecule has 0 spiro atoms. The van der Waals surface area contributed by atoms with Crippen molar-refractivity contribution in [1.82, 2.24) is 0 Å². The minimum absolute atomic E-state index is 0. The summed E-state index contributed by atoms with van der Waals surface area (Å²) in [6.45, 7) is 0.0320. The minimum atomic E-state index is -4.21. The van der Waals surface area contributed by atoms with Crippen LogP contribution in [0.4, 0.5) is 0 Å². The zero-order valence-electron chi connectivity index (χ0n) is 3.95. The van der Waals surface area contributed by atoms with Crippen LogP contribution in [0.1, 0.15) is 0 Å². The summed E-state index contributed by atoms with van der Waals surface area (Å²) in [6.07, 6.45) is 0. The van der Waals surface area contributed by atoms with Gasteiger partial charge in [0.05, 0.1) is 6.61 Å². The molecule has 0 aliphatic carbocycles. The maximum absolute atomic E-state index is 9.84. The zero-order valence-corrected chi connectivity index (χ0v) is 6.43. The molecule has 0 atom stereocenters. The van der Waals surface area contributed by atoms with Gasteiger partial charge < -0.3 is 9.79 Å². The van der Waals surface area contributed by atoms with Gasteiger partial charge in [-0.25, -0.2) is 4.57 Å². The average Bonchev–Trinajstić information content (AvgIpc) is 1.59. The topological polar surface area (TPSA) is 66.8 Å². The molecule has 0 bridgehead atoms. The van der Waals surface area contributed by atoms with Crippen molar-refractivity contribution in [2.45, 2.75) is 0 Å². The molecular formula is C2H7BrNaO4P. The van der Waals surface area contributed by atoms with E-state index in [1.165, 1.54) is 0 Å². The van der Waals surface area contributed by atoms with E-state index in [0.29, 0.717) is 5.33 Å². The summed E-state index contributed by atoms with van der Waals surface area (Å²) < 4.78 is 13.8. The molecule has 0 aromatic heterocycles. The van der Waals surface area contributed by atoms with Gasteiger partial charge in [-0.1, -0.05) is 15.9 Å². The first kappa shape index (κ1) is 13.2. The molecule has 0 unspecified atom stereocenters. The molecule has 52 valence electrons. The molecule has 0 heterocycles. The summed E-state index contributed by atoms with van der Waals surface area (Å²) in [5.41, 5.74) is 0. The van der Waals surface area contributed by atoms with E-state index in [0.717, 1.165) is 0 Å². The van der Waals surface area contributed by atoms with Gasteiger partial charge in [0.2, 0.25) is 0 Å². The number of hydrogen-bond acceptors (Lipinski definition) is 2. The Labute approximate surface area is 83.6 Å². The average molecular weight is 229 g/mol. The predicted molar refractivity (Wildman–Crippen MR) is 38.9 cm³/mol. The summed E-state index contributed by atoms with van der Waals surface area (Å²) in [6, 6.07) is 0. The molecule has 0 saturated carbocycles. The summed E-state index contributed by atoms with van der Waals surface area (Å²) in [5, 5.41) is 0.429. The van der Waals surface area contributed by atoms with Crippen molar-refractivity contribution >= 4 is 53.3 Å². The van der Waals surface area contributed by atoms with Crippen LogP contribution in [0.25, 0.3) is 0 Å². The van der Waals surface area contributed by atoms with E-state index in [4.69, 9.17) is 9.79 Å². The molecule has 0 fully saturated rings. The van der Waals surface area contributed by atoms with Crippen LogP contribution < -0.4 is 0 Å². The van der Waals surface area contributed by atoms with Crippen molar-refractivity contribution in [1.29, 1.82) is 0 Å². The first-order valence-electron chi connectivity index (χ1n) is 1.82. The third kappa shape index (κ3) is 12.7. The molecule has 0 radical (unpaired) electrons. The second kappa shape index (κ2) is 6.31. The number of alkyl halides is 1. The summed E-state index contributed by atoms with van der Waals surface area (Å²) in [5.74, 6) is 0. The molecule has 0 saturated heterocycles. The van der Waals surface area contributed by atoms with E-state index < -0.39 is 7.82 Å². The van der Waals surface area contributed by atoms with Gasteiger partial charge >= 0.3 is 37.4 Å². The number of rotatable bonds is 3. The molecular weight excluding hydrogens is 222 g/mol. The van der Waals surface area contributed by atoms with Crippen LogP contribution in [0.15, 0.2) is 0 Å². The van der Waals surface area contributed by atoms with Gasteiger partial charge in [0, 0.05) is 5.33 Å². The van der Waals surface area contributed by atoms with Gasteiger partial charge in [-0.15, -0.1) is 0 Å². The van der Waals surface area contributed by atoms with Crippen LogP contribution in [0.5, 0.6) is 0 Å². The van der Waals surface area contributed by atoms with Gasteiger partial charge in [0.25, 0.3) is 0 Å². The molecule has 0 aromatic rings. The molecule has 0 aliphatic heterocycles. The SMILES string of the molecule is O=P(O)(O)OCCBr.[NaH]. The van der Waals surface area contributed by atoms with Crippen LogP contribution in [0, 0.1) is 0 Å². The van der Waals surface area contributed by atoms with Gasteiger partial charge in [0.15, 0.2) is 0 Å². The fraction of sp³-hybridized carbons (Fsp3) is 1.00. The van der Waals surface area contributed by atoms with Crippen LogP contribution in [-0.4, -0.2) is 51.3 Å².